The average molecular weight is 201 g/mol. The third kappa shape index (κ3) is 2.99. The number of likely N-dealkylation sites (tertiary alicyclic amines) is 1. The van der Waals surface area contributed by atoms with Crippen molar-refractivity contribution in [2.45, 2.75) is 31.7 Å². The largest absolute Gasteiger partial charge is 0.481 e. The SMILES string of the molecule is O=C(O)CCCN1CCCC1C(=O)O. The van der Waals surface area contributed by atoms with Crippen molar-refractivity contribution in [1.29, 1.82) is 0 Å². The highest BCUT2D eigenvalue weighted by atomic mass is 16.4. The number of nitrogens with zero attached hydrogens (tertiary/aromatic N) is 1. The lowest BCUT2D eigenvalue weighted by atomic mass is 10.2. The van der Waals surface area contributed by atoms with Crippen LogP contribution in [0.5, 0.6) is 0 Å². The van der Waals surface area contributed by atoms with Crippen LogP contribution in [0, 0.1) is 0 Å². The molecule has 0 spiro atoms. The summed E-state index contributed by atoms with van der Waals surface area (Å²) < 4.78 is 0. The van der Waals surface area contributed by atoms with Gasteiger partial charge in [0, 0.05) is 6.42 Å². The maximum atomic E-state index is 10.8. The summed E-state index contributed by atoms with van der Waals surface area (Å²) in [6, 6.07) is -0.399. The van der Waals surface area contributed by atoms with E-state index in [0.717, 1.165) is 13.0 Å². The smallest absolute Gasteiger partial charge is 0.320 e. The van der Waals surface area contributed by atoms with Crippen molar-refractivity contribution >= 4 is 11.9 Å². The van der Waals surface area contributed by atoms with Crippen LogP contribution < -0.4 is 0 Å². The van der Waals surface area contributed by atoms with Gasteiger partial charge in [-0.15, -0.1) is 0 Å². The van der Waals surface area contributed by atoms with Crippen LogP contribution in [-0.2, 0) is 9.59 Å². The van der Waals surface area contributed by atoms with Crippen molar-refractivity contribution in [2.75, 3.05) is 13.1 Å². The summed E-state index contributed by atoms with van der Waals surface area (Å²) in [6.45, 7) is 1.35. The van der Waals surface area contributed by atoms with E-state index in [1.165, 1.54) is 0 Å². The minimum atomic E-state index is -0.823. The molecule has 0 amide bonds. The molecule has 5 nitrogen and oxygen atoms in total. The second-order valence-electron chi connectivity index (χ2n) is 3.53. The zero-order valence-electron chi connectivity index (χ0n) is 7.98. The molecule has 1 rings (SSSR count). The minimum absolute atomic E-state index is 0.114. The first-order valence-corrected chi connectivity index (χ1v) is 4.80. The molecule has 14 heavy (non-hydrogen) atoms. The molecular weight excluding hydrogens is 186 g/mol. The van der Waals surface area contributed by atoms with Crippen LogP contribution in [0.4, 0.5) is 0 Å². The van der Waals surface area contributed by atoms with Gasteiger partial charge in [0.1, 0.15) is 6.04 Å². The molecule has 0 bridgehead atoms. The lowest BCUT2D eigenvalue weighted by Crippen LogP contribution is -2.36. The van der Waals surface area contributed by atoms with Crippen LogP contribution >= 0.6 is 0 Å². The van der Waals surface area contributed by atoms with E-state index in [2.05, 4.69) is 0 Å². The Labute approximate surface area is 82.3 Å². The molecule has 1 unspecified atom stereocenters. The molecule has 1 atom stereocenters. The van der Waals surface area contributed by atoms with E-state index in [-0.39, 0.29) is 6.42 Å². The summed E-state index contributed by atoms with van der Waals surface area (Å²) in [4.78, 5) is 22.9. The second kappa shape index (κ2) is 4.95. The molecule has 1 aliphatic rings. The van der Waals surface area contributed by atoms with Gasteiger partial charge in [-0.3, -0.25) is 14.5 Å². The normalized spacial score (nSPS) is 22.4. The predicted octanol–water partition coefficient (Wildman–Crippen LogP) is 0.400. The van der Waals surface area contributed by atoms with Gasteiger partial charge in [-0.1, -0.05) is 0 Å². The fraction of sp³-hybridized carbons (Fsp3) is 0.778. The Kier molecular flexibility index (Phi) is 3.88. The Morgan fingerprint density at radius 3 is 2.64 bits per heavy atom. The van der Waals surface area contributed by atoms with Crippen LogP contribution in [0.2, 0.25) is 0 Å². The molecule has 80 valence electrons. The Hall–Kier alpha value is -1.10. The van der Waals surface area contributed by atoms with Crippen LogP contribution in [0.1, 0.15) is 25.7 Å². The maximum Gasteiger partial charge on any atom is 0.320 e. The number of carboxylic acid groups (broad SMARTS) is 2. The maximum absolute atomic E-state index is 10.8. The summed E-state index contributed by atoms with van der Waals surface area (Å²) in [5.74, 6) is -1.62. The molecule has 5 heteroatoms. The van der Waals surface area contributed by atoms with E-state index in [1.807, 2.05) is 4.90 Å². The highest BCUT2D eigenvalue weighted by Crippen LogP contribution is 2.17. The summed E-state index contributed by atoms with van der Waals surface area (Å²) in [6.07, 6.45) is 2.22. The molecule has 0 saturated carbocycles. The van der Waals surface area contributed by atoms with Crippen LogP contribution in [-0.4, -0.2) is 46.2 Å². The van der Waals surface area contributed by atoms with Gasteiger partial charge in [0.15, 0.2) is 0 Å². The van der Waals surface area contributed by atoms with Gasteiger partial charge in [0.25, 0.3) is 0 Å². The van der Waals surface area contributed by atoms with Crippen molar-refractivity contribution in [3.63, 3.8) is 0 Å². The predicted molar refractivity (Wildman–Crippen MR) is 49.1 cm³/mol. The van der Waals surface area contributed by atoms with Crippen molar-refractivity contribution < 1.29 is 19.8 Å². The first kappa shape index (κ1) is 11.0. The molecule has 0 aromatic carbocycles. The van der Waals surface area contributed by atoms with Crippen LogP contribution in [0.25, 0.3) is 0 Å². The lowest BCUT2D eigenvalue weighted by Gasteiger charge is -2.20. The van der Waals surface area contributed by atoms with E-state index in [9.17, 15) is 9.59 Å². The molecule has 1 saturated heterocycles. The number of hydrogen-bond donors (Lipinski definition) is 2. The highest BCUT2D eigenvalue weighted by Gasteiger charge is 2.29. The van der Waals surface area contributed by atoms with Gasteiger partial charge in [0.05, 0.1) is 0 Å². The van der Waals surface area contributed by atoms with Crippen LogP contribution in [0.15, 0.2) is 0 Å². The number of hydrogen-bond acceptors (Lipinski definition) is 3. The van der Waals surface area contributed by atoms with E-state index < -0.39 is 18.0 Å². The molecule has 1 aliphatic heterocycles. The van der Waals surface area contributed by atoms with E-state index >= 15 is 0 Å². The molecule has 1 fully saturated rings. The minimum Gasteiger partial charge on any atom is -0.481 e. The van der Waals surface area contributed by atoms with E-state index in [0.29, 0.717) is 19.4 Å². The quantitative estimate of drug-likeness (QED) is 0.673. The van der Waals surface area contributed by atoms with Crippen molar-refractivity contribution in [2.24, 2.45) is 0 Å². The monoisotopic (exact) mass is 201 g/mol. The fourth-order valence-corrected chi connectivity index (χ4v) is 1.81. The van der Waals surface area contributed by atoms with Gasteiger partial charge < -0.3 is 10.2 Å². The summed E-state index contributed by atoms with van der Waals surface area (Å²) >= 11 is 0. The zero-order chi connectivity index (χ0) is 10.6. The molecule has 0 radical (unpaired) electrons. The summed E-state index contributed by atoms with van der Waals surface area (Å²) in [5.41, 5.74) is 0. The van der Waals surface area contributed by atoms with E-state index in [1.54, 1.807) is 0 Å². The highest BCUT2D eigenvalue weighted by molar-refractivity contribution is 5.73. The van der Waals surface area contributed by atoms with Crippen LogP contribution in [0.3, 0.4) is 0 Å². The third-order valence-corrected chi connectivity index (χ3v) is 2.48. The number of rotatable bonds is 5. The van der Waals surface area contributed by atoms with Gasteiger partial charge >= 0.3 is 11.9 Å². The number of carbonyl (C=O) groups is 2. The number of aliphatic carboxylic acids is 2. The Morgan fingerprint density at radius 2 is 2.07 bits per heavy atom. The van der Waals surface area contributed by atoms with Crippen molar-refractivity contribution in [3.05, 3.63) is 0 Å². The molecule has 0 aromatic heterocycles. The zero-order valence-corrected chi connectivity index (χ0v) is 7.98. The summed E-state index contributed by atoms with van der Waals surface area (Å²) in [5, 5.41) is 17.3. The standard InChI is InChI=1S/C9H15NO4/c11-8(12)4-2-6-10-5-1-3-7(10)9(13)14/h7H,1-6H2,(H,11,12)(H,13,14). The first-order chi connectivity index (χ1) is 6.61. The van der Waals surface area contributed by atoms with Gasteiger partial charge in [0.2, 0.25) is 0 Å². The molecule has 0 aromatic rings. The van der Waals surface area contributed by atoms with Gasteiger partial charge in [-0.05, 0) is 32.4 Å². The lowest BCUT2D eigenvalue weighted by molar-refractivity contribution is -0.142. The Morgan fingerprint density at radius 1 is 1.36 bits per heavy atom. The first-order valence-electron chi connectivity index (χ1n) is 4.80. The molecule has 2 N–H and O–H groups in total. The molecular formula is C9H15NO4. The van der Waals surface area contributed by atoms with Crippen molar-refractivity contribution in [3.8, 4) is 0 Å². The van der Waals surface area contributed by atoms with Crippen molar-refractivity contribution in [1.82, 2.24) is 4.90 Å². The van der Waals surface area contributed by atoms with Gasteiger partial charge in [-0.25, -0.2) is 0 Å². The van der Waals surface area contributed by atoms with E-state index in [4.69, 9.17) is 10.2 Å². The molecule has 0 aliphatic carbocycles. The Bertz CT molecular complexity index is 229. The second-order valence-corrected chi connectivity index (χ2v) is 3.53. The summed E-state index contributed by atoms with van der Waals surface area (Å²) in [7, 11) is 0. The molecule has 1 heterocycles. The average Bonchev–Trinajstić information content (AvgIpc) is 2.51. The fourth-order valence-electron chi connectivity index (χ4n) is 1.81. The van der Waals surface area contributed by atoms with Gasteiger partial charge in [-0.2, -0.15) is 0 Å². The number of carboxylic acids is 2. The Balaban J connectivity index is 2.29. The topological polar surface area (TPSA) is 77.8 Å². The third-order valence-electron chi connectivity index (χ3n) is 2.48.